The summed E-state index contributed by atoms with van der Waals surface area (Å²) in [6, 6.07) is 6.17. The number of carbonyl (C=O) groups is 1. The summed E-state index contributed by atoms with van der Waals surface area (Å²) < 4.78 is 5.18. The van der Waals surface area contributed by atoms with E-state index < -0.39 is 0 Å². The predicted octanol–water partition coefficient (Wildman–Crippen LogP) is 3.30. The Hall–Kier alpha value is -1.31. The standard InChI is InChI=1S/C14H18O2/c1-3-11-5-4-6-13(14(11)16-9-15)10(2)12-7-8-12/h4-6,9-10,12H,3,7-8H2,1-2H3/t10-/m1/s1. The van der Waals surface area contributed by atoms with Gasteiger partial charge in [-0.05, 0) is 42.2 Å². The monoisotopic (exact) mass is 218 g/mol. The van der Waals surface area contributed by atoms with E-state index in [1.807, 2.05) is 6.07 Å². The van der Waals surface area contributed by atoms with Crippen molar-refractivity contribution in [2.24, 2.45) is 5.92 Å². The van der Waals surface area contributed by atoms with Gasteiger partial charge in [0.2, 0.25) is 0 Å². The van der Waals surface area contributed by atoms with Gasteiger partial charge in [-0.3, -0.25) is 4.79 Å². The summed E-state index contributed by atoms with van der Waals surface area (Å²) in [5.74, 6) is 2.07. The van der Waals surface area contributed by atoms with Crippen LogP contribution in [0.2, 0.25) is 0 Å². The second-order valence-corrected chi connectivity index (χ2v) is 4.53. The summed E-state index contributed by atoms with van der Waals surface area (Å²) in [5, 5.41) is 0. The summed E-state index contributed by atoms with van der Waals surface area (Å²) in [6.07, 6.45) is 3.50. The van der Waals surface area contributed by atoms with Crippen molar-refractivity contribution in [3.8, 4) is 5.75 Å². The van der Waals surface area contributed by atoms with Crippen LogP contribution in [0.1, 0.15) is 43.7 Å². The van der Waals surface area contributed by atoms with Gasteiger partial charge in [0, 0.05) is 0 Å². The average Bonchev–Trinajstić information content (AvgIpc) is 3.13. The molecule has 0 radical (unpaired) electrons. The van der Waals surface area contributed by atoms with E-state index in [4.69, 9.17) is 4.74 Å². The van der Waals surface area contributed by atoms with Gasteiger partial charge in [-0.2, -0.15) is 0 Å². The highest BCUT2D eigenvalue weighted by atomic mass is 16.5. The van der Waals surface area contributed by atoms with Crippen LogP contribution >= 0.6 is 0 Å². The Morgan fingerprint density at radius 1 is 1.50 bits per heavy atom. The van der Waals surface area contributed by atoms with Crippen molar-refractivity contribution in [3.63, 3.8) is 0 Å². The Balaban J connectivity index is 2.37. The fraction of sp³-hybridized carbons (Fsp3) is 0.500. The van der Waals surface area contributed by atoms with Gasteiger partial charge in [0.25, 0.3) is 6.47 Å². The molecule has 2 rings (SSSR count). The minimum Gasteiger partial charge on any atom is -0.428 e. The molecule has 0 heterocycles. The number of ether oxygens (including phenoxy) is 1. The maximum atomic E-state index is 10.6. The first-order valence-electron chi connectivity index (χ1n) is 6.00. The van der Waals surface area contributed by atoms with Gasteiger partial charge < -0.3 is 4.74 Å². The van der Waals surface area contributed by atoms with E-state index >= 15 is 0 Å². The zero-order valence-electron chi connectivity index (χ0n) is 9.90. The maximum absolute atomic E-state index is 10.6. The van der Waals surface area contributed by atoms with Crippen LogP contribution in [-0.2, 0) is 11.2 Å². The Labute approximate surface area is 96.6 Å². The van der Waals surface area contributed by atoms with Gasteiger partial charge in [-0.1, -0.05) is 32.0 Å². The van der Waals surface area contributed by atoms with Gasteiger partial charge in [0.15, 0.2) is 0 Å². The molecule has 1 aromatic carbocycles. The van der Waals surface area contributed by atoms with Crippen molar-refractivity contribution in [2.75, 3.05) is 0 Å². The van der Waals surface area contributed by atoms with Gasteiger partial charge in [-0.25, -0.2) is 0 Å². The summed E-state index contributed by atoms with van der Waals surface area (Å²) in [6.45, 7) is 4.85. The number of benzene rings is 1. The molecule has 1 aromatic rings. The molecule has 1 atom stereocenters. The van der Waals surface area contributed by atoms with E-state index in [0.29, 0.717) is 12.4 Å². The summed E-state index contributed by atoms with van der Waals surface area (Å²) in [4.78, 5) is 10.6. The van der Waals surface area contributed by atoms with Gasteiger partial charge >= 0.3 is 0 Å². The Bertz CT molecular complexity index is 380. The third kappa shape index (κ3) is 2.11. The minimum absolute atomic E-state index is 0.501. The van der Waals surface area contributed by atoms with Crippen LogP contribution < -0.4 is 4.74 Å². The van der Waals surface area contributed by atoms with Crippen LogP contribution in [0.15, 0.2) is 18.2 Å². The molecule has 0 saturated heterocycles. The number of para-hydroxylation sites is 1. The molecule has 0 bridgehead atoms. The van der Waals surface area contributed by atoms with Crippen molar-refractivity contribution < 1.29 is 9.53 Å². The van der Waals surface area contributed by atoms with Crippen molar-refractivity contribution in [2.45, 2.75) is 39.0 Å². The Kier molecular flexibility index (Phi) is 3.28. The zero-order chi connectivity index (χ0) is 11.5. The van der Waals surface area contributed by atoms with E-state index in [1.165, 1.54) is 18.4 Å². The number of aryl methyl sites for hydroxylation is 1. The smallest absolute Gasteiger partial charge is 0.298 e. The van der Waals surface area contributed by atoms with Crippen molar-refractivity contribution in [1.29, 1.82) is 0 Å². The number of rotatable bonds is 5. The van der Waals surface area contributed by atoms with Crippen LogP contribution in [0.5, 0.6) is 5.75 Å². The fourth-order valence-electron chi connectivity index (χ4n) is 2.28. The van der Waals surface area contributed by atoms with Crippen LogP contribution in [0.25, 0.3) is 0 Å². The van der Waals surface area contributed by atoms with Gasteiger partial charge in [0.05, 0.1) is 0 Å². The number of hydrogen-bond donors (Lipinski definition) is 0. The van der Waals surface area contributed by atoms with E-state index in [9.17, 15) is 4.79 Å². The van der Waals surface area contributed by atoms with E-state index in [0.717, 1.165) is 23.7 Å². The van der Waals surface area contributed by atoms with E-state index in [-0.39, 0.29) is 0 Å². The molecule has 0 aliphatic heterocycles. The average molecular weight is 218 g/mol. The predicted molar refractivity (Wildman–Crippen MR) is 63.7 cm³/mol. The van der Waals surface area contributed by atoms with Gasteiger partial charge in [-0.15, -0.1) is 0 Å². The van der Waals surface area contributed by atoms with Crippen LogP contribution in [-0.4, -0.2) is 6.47 Å². The third-order valence-electron chi connectivity index (χ3n) is 3.49. The zero-order valence-corrected chi connectivity index (χ0v) is 9.90. The van der Waals surface area contributed by atoms with Crippen LogP contribution in [0.4, 0.5) is 0 Å². The molecule has 0 amide bonds. The quantitative estimate of drug-likeness (QED) is 0.709. The molecule has 1 fully saturated rings. The van der Waals surface area contributed by atoms with Crippen LogP contribution in [0, 0.1) is 5.92 Å². The van der Waals surface area contributed by atoms with Crippen molar-refractivity contribution in [3.05, 3.63) is 29.3 Å². The second-order valence-electron chi connectivity index (χ2n) is 4.53. The lowest BCUT2D eigenvalue weighted by molar-refractivity contribution is -0.120. The molecule has 0 N–H and O–H groups in total. The van der Waals surface area contributed by atoms with Crippen LogP contribution in [0.3, 0.4) is 0 Å². The molecule has 16 heavy (non-hydrogen) atoms. The topological polar surface area (TPSA) is 26.3 Å². The first-order valence-corrected chi connectivity index (χ1v) is 6.00. The summed E-state index contributed by atoms with van der Waals surface area (Å²) >= 11 is 0. The van der Waals surface area contributed by atoms with E-state index in [1.54, 1.807) is 0 Å². The van der Waals surface area contributed by atoms with E-state index in [2.05, 4.69) is 26.0 Å². The molecule has 0 unspecified atom stereocenters. The fourth-order valence-corrected chi connectivity index (χ4v) is 2.28. The minimum atomic E-state index is 0.501. The SMILES string of the molecule is CCc1cccc([C@H](C)C2CC2)c1OC=O. The van der Waals surface area contributed by atoms with Crippen molar-refractivity contribution >= 4 is 6.47 Å². The first-order chi connectivity index (χ1) is 7.77. The normalized spacial score (nSPS) is 16.9. The highest BCUT2D eigenvalue weighted by Gasteiger charge is 2.31. The molecule has 1 aliphatic carbocycles. The highest BCUT2D eigenvalue weighted by molar-refractivity contribution is 5.52. The summed E-state index contributed by atoms with van der Waals surface area (Å²) in [5.41, 5.74) is 2.31. The largest absolute Gasteiger partial charge is 0.428 e. The highest BCUT2D eigenvalue weighted by Crippen LogP contribution is 2.45. The molecule has 1 aliphatic rings. The molecule has 1 saturated carbocycles. The maximum Gasteiger partial charge on any atom is 0.298 e. The Morgan fingerprint density at radius 2 is 2.25 bits per heavy atom. The number of hydrogen-bond acceptors (Lipinski definition) is 2. The lowest BCUT2D eigenvalue weighted by atomic mass is 9.93. The third-order valence-corrected chi connectivity index (χ3v) is 3.49. The molecular formula is C14H18O2. The Morgan fingerprint density at radius 3 is 2.81 bits per heavy atom. The summed E-state index contributed by atoms with van der Waals surface area (Å²) in [7, 11) is 0. The first kappa shape index (κ1) is 11.2. The molecular weight excluding hydrogens is 200 g/mol. The molecule has 2 nitrogen and oxygen atoms in total. The molecule has 0 spiro atoms. The van der Waals surface area contributed by atoms with Crippen molar-refractivity contribution in [1.82, 2.24) is 0 Å². The molecule has 0 aromatic heterocycles. The lowest BCUT2D eigenvalue weighted by Crippen LogP contribution is -2.03. The molecule has 86 valence electrons. The van der Waals surface area contributed by atoms with Gasteiger partial charge in [0.1, 0.15) is 5.75 Å². The second kappa shape index (κ2) is 4.69. The molecule has 2 heteroatoms. The lowest BCUT2D eigenvalue weighted by Gasteiger charge is -2.16. The number of carbonyl (C=O) groups excluding carboxylic acids is 1.